The van der Waals surface area contributed by atoms with E-state index in [1.807, 2.05) is 24.3 Å². The Balaban J connectivity index is 1.61. The maximum Gasteiger partial charge on any atom is 0.252 e. The molecule has 3 nitrogen and oxygen atoms in total. The molecule has 1 aromatic carbocycles. The van der Waals surface area contributed by atoms with Gasteiger partial charge >= 0.3 is 0 Å². The van der Waals surface area contributed by atoms with E-state index in [0.717, 1.165) is 41.3 Å². The van der Waals surface area contributed by atoms with Gasteiger partial charge in [-0.2, -0.15) is 5.26 Å². The Labute approximate surface area is 149 Å². The highest BCUT2D eigenvalue weighted by molar-refractivity contribution is 8.03. The fourth-order valence-electron chi connectivity index (χ4n) is 4.45. The van der Waals surface area contributed by atoms with Crippen molar-refractivity contribution in [2.45, 2.75) is 68.7 Å². The van der Waals surface area contributed by atoms with E-state index in [2.05, 4.69) is 10.7 Å². The fourth-order valence-corrected chi connectivity index (χ4v) is 4.96. The van der Waals surface area contributed by atoms with Crippen LogP contribution in [0.3, 0.4) is 0 Å². The van der Waals surface area contributed by atoms with Gasteiger partial charge in [-0.3, -0.25) is 4.79 Å². The van der Waals surface area contributed by atoms with Crippen LogP contribution >= 0.6 is 11.8 Å². The summed E-state index contributed by atoms with van der Waals surface area (Å²) < 4.78 is 0. The second-order valence-corrected chi connectivity index (χ2v) is 8.01. The Morgan fingerprint density at radius 3 is 2.58 bits per heavy atom. The lowest BCUT2D eigenvalue weighted by atomic mass is 9.72. The lowest BCUT2D eigenvalue weighted by molar-refractivity contribution is 0.0899. The quantitative estimate of drug-likeness (QED) is 0.609. The average Bonchev–Trinajstić information content (AvgIpc) is 2.63. The Morgan fingerprint density at radius 1 is 1.04 bits per heavy atom. The van der Waals surface area contributed by atoms with Gasteiger partial charge in [0.15, 0.2) is 0 Å². The van der Waals surface area contributed by atoms with Crippen LogP contribution < -0.4 is 5.32 Å². The van der Waals surface area contributed by atoms with E-state index in [1.165, 1.54) is 44.9 Å². The molecule has 2 saturated carbocycles. The van der Waals surface area contributed by atoms with Gasteiger partial charge in [0.2, 0.25) is 0 Å². The maximum absolute atomic E-state index is 12.7. The Bertz CT molecular complexity index is 604. The number of rotatable bonds is 4. The number of carbonyl (C=O) groups excluding carboxylic acids is 1. The number of nitrogens with zero attached hydrogens (tertiary/aromatic N) is 1. The molecule has 4 heteroatoms. The highest BCUT2D eigenvalue weighted by Crippen LogP contribution is 2.38. The fraction of sp³-hybridized carbons (Fsp3) is 0.600. The molecule has 24 heavy (non-hydrogen) atoms. The number of nitriles is 1. The highest BCUT2D eigenvalue weighted by Gasteiger charge is 2.30. The minimum Gasteiger partial charge on any atom is -0.349 e. The normalized spacial score (nSPS) is 25.0. The molecule has 0 spiro atoms. The van der Waals surface area contributed by atoms with Crippen molar-refractivity contribution in [3.8, 4) is 5.40 Å². The van der Waals surface area contributed by atoms with Crippen molar-refractivity contribution in [2.75, 3.05) is 0 Å². The molecular weight excluding hydrogens is 316 g/mol. The zero-order chi connectivity index (χ0) is 16.8. The summed E-state index contributed by atoms with van der Waals surface area (Å²) in [5.41, 5.74) is 0.629. The summed E-state index contributed by atoms with van der Waals surface area (Å²) in [5.74, 6) is 1.63. The SMILES string of the molecule is N#CSc1ccccc1C(=O)NC1CCCC(C2CCCCC2)C1. The molecule has 0 aliphatic heterocycles. The van der Waals surface area contributed by atoms with Crippen molar-refractivity contribution in [3.63, 3.8) is 0 Å². The summed E-state index contributed by atoms with van der Waals surface area (Å²) in [4.78, 5) is 13.4. The van der Waals surface area contributed by atoms with E-state index in [9.17, 15) is 4.79 Å². The largest absolute Gasteiger partial charge is 0.349 e. The van der Waals surface area contributed by atoms with Crippen LogP contribution in [0.2, 0.25) is 0 Å². The van der Waals surface area contributed by atoms with Crippen LogP contribution in [0.1, 0.15) is 68.1 Å². The number of amides is 1. The summed E-state index contributed by atoms with van der Waals surface area (Å²) in [5, 5.41) is 14.2. The number of thioether (sulfide) groups is 1. The summed E-state index contributed by atoms with van der Waals surface area (Å²) in [7, 11) is 0. The third-order valence-electron chi connectivity index (χ3n) is 5.65. The number of thiocyanates is 1. The molecule has 0 aromatic heterocycles. The van der Waals surface area contributed by atoms with Crippen molar-refractivity contribution < 1.29 is 4.79 Å². The first kappa shape index (κ1) is 17.4. The van der Waals surface area contributed by atoms with E-state index in [4.69, 9.17) is 5.26 Å². The first-order valence-electron chi connectivity index (χ1n) is 9.23. The van der Waals surface area contributed by atoms with Gasteiger partial charge in [0, 0.05) is 10.9 Å². The molecular formula is C20H26N2OS. The number of carbonyl (C=O) groups is 1. The number of hydrogen-bond acceptors (Lipinski definition) is 3. The number of hydrogen-bond donors (Lipinski definition) is 1. The highest BCUT2D eigenvalue weighted by atomic mass is 32.2. The third-order valence-corrected chi connectivity index (χ3v) is 6.32. The van der Waals surface area contributed by atoms with Gasteiger partial charge in [-0.15, -0.1) is 0 Å². The summed E-state index contributed by atoms with van der Waals surface area (Å²) in [6.45, 7) is 0. The molecule has 1 amide bonds. The van der Waals surface area contributed by atoms with Crippen LogP contribution in [-0.4, -0.2) is 11.9 Å². The van der Waals surface area contributed by atoms with Crippen LogP contribution in [0.15, 0.2) is 29.2 Å². The lowest BCUT2D eigenvalue weighted by Gasteiger charge is -2.36. The second kappa shape index (κ2) is 8.58. The van der Waals surface area contributed by atoms with Gasteiger partial charge in [0.25, 0.3) is 5.91 Å². The zero-order valence-electron chi connectivity index (χ0n) is 14.2. The van der Waals surface area contributed by atoms with Crippen molar-refractivity contribution in [3.05, 3.63) is 29.8 Å². The molecule has 2 aliphatic carbocycles. The van der Waals surface area contributed by atoms with E-state index >= 15 is 0 Å². The second-order valence-electron chi connectivity index (χ2n) is 7.18. The van der Waals surface area contributed by atoms with Gasteiger partial charge in [-0.1, -0.05) is 57.1 Å². The third kappa shape index (κ3) is 4.33. The molecule has 2 atom stereocenters. The van der Waals surface area contributed by atoms with Crippen molar-refractivity contribution in [2.24, 2.45) is 11.8 Å². The number of nitrogens with one attached hydrogen (secondary N) is 1. The molecule has 3 rings (SSSR count). The summed E-state index contributed by atoms with van der Waals surface area (Å²) >= 11 is 1.06. The Kier molecular flexibility index (Phi) is 6.20. The Hall–Kier alpha value is -1.47. The van der Waals surface area contributed by atoms with Crippen LogP contribution in [0.4, 0.5) is 0 Å². The summed E-state index contributed by atoms with van der Waals surface area (Å²) in [6.07, 6.45) is 11.7. The first-order chi connectivity index (χ1) is 11.8. The molecule has 0 radical (unpaired) electrons. The van der Waals surface area contributed by atoms with Crippen LogP contribution in [0, 0.1) is 22.5 Å². The monoisotopic (exact) mass is 342 g/mol. The Morgan fingerprint density at radius 2 is 1.79 bits per heavy atom. The molecule has 2 aliphatic rings. The molecule has 0 saturated heterocycles. The first-order valence-corrected chi connectivity index (χ1v) is 10.1. The zero-order valence-corrected chi connectivity index (χ0v) is 15.0. The minimum absolute atomic E-state index is 0.0253. The predicted molar refractivity (Wildman–Crippen MR) is 97.7 cm³/mol. The van der Waals surface area contributed by atoms with Gasteiger partial charge in [0.05, 0.1) is 5.56 Å². The number of benzene rings is 1. The van der Waals surface area contributed by atoms with E-state index in [-0.39, 0.29) is 5.91 Å². The standard InChI is InChI=1S/C20H26N2OS/c21-14-24-19-12-5-4-11-18(19)20(23)22-17-10-6-9-16(13-17)15-7-2-1-3-8-15/h4-5,11-12,15-17H,1-3,6-10,13H2,(H,22,23). The molecule has 2 fully saturated rings. The van der Waals surface area contributed by atoms with Crippen LogP contribution in [0.25, 0.3) is 0 Å². The molecule has 1 aromatic rings. The molecule has 1 N–H and O–H groups in total. The van der Waals surface area contributed by atoms with E-state index in [1.54, 1.807) is 0 Å². The van der Waals surface area contributed by atoms with Crippen molar-refractivity contribution in [1.29, 1.82) is 5.26 Å². The summed E-state index contributed by atoms with van der Waals surface area (Å²) in [6, 6.07) is 7.68. The maximum atomic E-state index is 12.7. The van der Waals surface area contributed by atoms with Gasteiger partial charge in [-0.25, -0.2) is 0 Å². The van der Waals surface area contributed by atoms with Gasteiger partial charge in [-0.05, 0) is 48.6 Å². The smallest absolute Gasteiger partial charge is 0.252 e. The topological polar surface area (TPSA) is 52.9 Å². The van der Waals surface area contributed by atoms with E-state index < -0.39 is 0 Å². The predicted octanol–water partition coefficient (Wildman–Crippen LogP) is 5.13. The van der Waals surface area contributed by atoms with Crippen LogP contribution in [0.5, 0.6) is 0 Å². The molecule has 0 bridgehead atoms. The minimum atomic E-state index is -0.0253. The van der Waals surface area contributed by atoms with Crippen molar-refractivity contribution >= 4 is 17.7 Å². The van der Waals surface area contributed by atoms with E-state index in [0.29, 0.717) is 11.6 Å². The average molecular weight is 343 g/mol. The molecule has 0 heterocycles. The molecule has 128 valence electrons. The van der Waals surface area contributed by atoms with Gasteiger partial charge < -0.3 is 5.32 Å². The lowest BCUT2D eigenvalue weighted by Crippen LogP contribution is -2.40. The van der Waals surface area contributed by atoms with Crippen LogP contribution in [-0.2, 0) is 0 Å². The van der Waals surface area contributed by atoms with Gasteiger partial charge in [0.1, 0.15) is 5.40 Å². The molecule has 2 unspecified atom stereocenters. The van der Waals surface area contributed by atoms with Crippen molar-refractivity contribution in [1.82, 2.24) is 5.32 Å².